The molecule has 0 saturated carbocycles. The first-order chi connectivity index (χ1) is 14.3. The Morgan fingerprint density at radius 3 is 2.63 bits per heavy atom. The molecular formula is C20H29N5O3S2. The van der Waals surface area contributed by atoms with Crippen molar-refractivity contribution in [1.82, 2.24) is 13.9 Å². The highest BCUT2D eigenvalue weighted by molar-refractivity contribution is 7.99. The summed E-state index contributed by atoms with van der Waals surface area (Å²) in [6.45, 7) is 3.88. The van der Waals surface area contributed by atoms with Gasteiger partial charge in [-0.3, -0.25) is 4.79 Å². The summed E-state index contributed by atoms with van der Waals surface area (Å²) in [5.41, 5.74) is 1.24. The maximum Gasteiger partial charge on any atom is 0.243 e. The van der Waals surface area contributed by atoms with Gasteiger partial charge in [-0.1, -0.05) is 18.2 Å². The van der Waals surface area contributed by atoms with Crippen molar-refractivity contribution < 1.29 is 13.2 Å². The van der Waals surface area contributed by atoms with E-state index >= 15 is 0 Å². The molecule has 0 unspecified atom stereocenters. The molecule has 1 aliphatic rings. The van der Waals surface area contributed by atoms with E-state index in [-0.39, 0.29) is 16.6 Å². The second-order valence-electron chi connectivity index (χ2n) is 7.37. The van der Waals surface area contributed by atoms with E-state index in [9.17, 15) is 13.2 Å². The van der Waals surface area contributed by atoms with Crippen LogP contribution in [0, 0.1) is 0 Å². The fourth-order valence-corrected chi connectivity index (χ4v) is 5.78. The van der Waals surface area contributed by atoms with Crippen LogP contribution in [0.3, 0.4) is 0 Å². The molecule has 0 radical (unpaired) electrons. The highest BCUT2D eigenvalue weighted by Crippen LogP contribution is 2.30. The first-order valence-corrected chi connectivity index (χ1v) is 12.5. The van der Waals surface area contributed by atoms with Gasteiger partial charge in [0.15, 0.2) is 5.16 Å². The molecule has 10 heteroatoms. The minimum atomic E-state index is -3.57. The third-order valence-electron chi connectivity index (χ3n) is 5.03. The van der Waals surface area contributed by atoms with Crippen LogP contribution in [-0.4, -0.2) is 61.1 Å². The van der Waals surface area contributed by atoms with Gasteiger partial charge in [-0.2, -0.15) is 4.31 Å². The Kier molecular flexibility index (Phi) is 7.43. The number of amides is 1. The molecule has 2 aromatic rings. The van der Waals surface area contributed by atoms with Gasteiger partial charge in [-0.25, -0.2) is 13.4 Å². The zero-order valence-electron chi connectivity index (χ0n) is 17.7. The molecule has 30 heavy (non-hydrogen) atoms. The molecular weight excluding hydrogens is 422 g/mol. The lowest BCUT2D eigenvalue weighted by atomic mass is 10.2. The number of aromatic nitrogens is 2. The maximum absolute atomic E-state index is 13.0. The maximum atomic E-state index is 13.0. The van der Waals surface area contributed by atoms with E-state index in [1.807, 2.05) is 36.7 Å². The van der Waals surface area contributed by atoms with E-state index in [1.165, 1.54) is 16.1 Å². The number of rotatable bonds is 8. The highest BCUT2D eigenvalue weighted by atomic mass is 32.2. The quantitative estimate of drug-likeness (QED) is 0.621. The molecule has 0 spiro atoms. The molecule has 1 saturated heterocycles. The number of nitrogens with one attached hydrogen (secondary N) is 1. The average molecular weight is 452 g/mol. The molecule has 1 amide bonds. The van der Waals surface area contributed by atoms with Crippen LogP contribution in [0.1, 0.15) is 26.2 Å². The number of hydrogen-bond acceptors (Lipinski definition) is 6. The molecule has 0 atom stereocenters. The lowest BCUT2D eigenvalue weighted by Gasteiger charge is -2.26. The Bertz CT molecular complexity index is 982. The topological polar surface area (TPSA) is 87.5 Å². The van der Waals surface area contributed by atoms with Crippen molar-refractivity contribution in [3.8, 4) is 0 Å². The molecule has 1 fully saturated rings. The van der Waals surface area contributed by atoms with Crippen LogP contribution in [0.2, 0.25) is 0 Å². The number of hydrogen-bond donors (Lipinski definition) is 1. The van der Waals surface area contributed by atoms with E-state index < -0.39 is 10.0 Å². The fraction of sp³-hybridized carbons (Fsp3) is 0.500. The van der Waals surface area contributed by atoms with Gasteiger partial charge in [-0.15, -0.1) is 0 Å². The molecule has 0 bridgehead atoms. The van der Waals surface area contributed by atoms with Gasteiger partial charge >= 0.3 is 0 Å². The van der Waals surface area contributed by atoms with Crippen LogP contribution in [0.4, 0.5) is 11.4 Å². The number of nitrogens with zero attached hydrogens (tertiary/aromatic N) is 4. The largest absolute Gasteiger partial charge is 0.376 e. The second kappa shape index (κ2) is 9.84. The molecule has 2 heterocycles. The third kappa shape index (κ3) is 5.16. The molecule has 1 aliphatic heterocycles. The monoisotopic (exact) mass is 451 g/mol. The second-order valence-corrected chi connectivity index (χ2v) is 10.3. The van der Waals surface area contributed by atoms with E-state index in [0.29, 0.717) is 18.8 Å². The first kappa shape index (κ1) is 22.6. The smallest absolute Gasteiger partial charge is 0.243 e. The van der Waals surface area contributed by atoms with Crippen molar-refractivity contribution in [2.75, 3.05) is 43.2 Å². The molecule has 1 N–H and O–H groups in total. The van der Waals surface area contributed by atoms with E-state index in [0.717, 1.165) is 36.7 Å². The summed E-state index contributed by atoms with van der Waals surface area (Å²) in [6, 6.07) is 4.92. The van der Waals surface area contributed by atoms with Crippen molar-refractivity contribution in [1.29, 1.82) is 0 Å². The van der Waals surface area contributed by atoms with Crippen molar-refractivity contribution in [3.05, 3.63) is 30.6 Å². The Balaban J connectivity index is 1.78. The number of benzene rings is 1. The van der Waals surface area contributed by atoms with Gasteiger partial charge in [0.1, 0.15) is 0 Å². The Labute approximate surface area is 182 Å². The molecule has 3 rings (SSSR count). The van der Waals surface area contributed by atoms with Crippen LogP contribution in [0.25, 0.3) is 0 Å². The van der Waals surface area contributed by atoms with Gasteiger partial charge in [0.2, 0.25) is 15.9 Å². The van der Waals surface area contributed by atoms with Crippen molar-refractivity contribution in [3.63, 3.8) is 0 Å². The van der Waals surface area contributed by atoms with Crippen molar-refractivity contribution in [2.45, 2.75) is 42.8 Å². The summed E-state index contributed by atoms with van der Waals surface area (Å²) in [5, 5.41) is 3.67. The van der Waals surface area contributed by atoms with Crippen molar-refractivity contribution in [2.24, 2.45) is 0 Å². The summed E-state index contributed by atoms with van der Waals surface area (Å²) in [5.74, 6) is -0.0197. The Hall–Kier alpha value is -2.04. The minimum absolute atomic E-state index is 0.187. The SMILES string of the molecule is CCn1ccnc1SCC(=O)Nc1cc(S(=O)(=O)N2CCCCC2)ccc1N(C)C. The van der Waals surface area contributed by atoms with Crippen LogP contribution in [-0.2, 0) is 21.4 Å². The predicted octanol–water partition coefficient (Wildman–Crippen LogP) is 2.87. The fourth-order valence-electron chi connectivity index (χ4n) is 3.41. The zero-order valence-corrected chi connectivity index (χ0v) is 19.3. The Morgan fingerprint density at radius 2 is 1.97 bits per heavy atom. The van der Waals surface area contributed by atoms with Gasteiger partial charge in [0.25, 0.3) is 0 Å². The van der Waals surface area contributed by atoms with Crippen LogP contribution in [0.15, 0.2) is 40.6 Å². The third-order valence-corrected chi connectivity index (χ3v) is 7.93. The number of imidazole rings is 1. The molecule has 0 aliphatic carbocycles. The number of carbonyl (C=O) groups excluding carboxylic acids is 1. The van der Waals surface area contributed by atoms with E-state index in [4.69, 9.17) is 0 Å². The standard InChI is InChI=1S/C20H29N5O3S2/c1-4-24-13-10-21-20(24)29-15-19(26)22-17-14-16(8-9-18(17)23(2)3)30(27,28)25-11-6-5-7-12-25/h8-10,13-14H,4-7,11-12,15H2,1-3H3,(H,22,26). The summed E-state index contributed by atoms with van der Waals surface area (Å²) in [6.07, 6.45) is 6.40. The number of aryl methyl sites for hydroxylation is 1. The number of sulfonamides is 1. The summed E-state index contributed by atoms with van der Waals surface area (Å²) in [7, 11) is 0.141. The van der Waals surface area contributed by atoms with Gasteiger partial charge in [0, 0.05) is 46.1 Å². The molecule has 1 aromatic carbocycles. The summed E-state index contributed by atoms with van der Waals surface area (Å²) >= 11 is 1.35. The van der Waals surface area contributed by atoms with Crippen LogP contribution in [0.5, 0.6) is 0 Å². The van der Waals surface area contributed by atoms with Gasteiger partial charge in [0.05, 0.1) is 22.0 Å². The molecule has 8 nitrogen and oxygen atoms in total. The van der Waals surface area contributed by atoms with Gasteiger partial charge in [-0.05, 0) is 38.0 Å². The van der Waals surface area contributed by atoms with E-state index in [2.05, 4.69) is 10.3 Å². The predicted molar refractivity (Wildman–Crippen MR) is 121 cm³/mol. The Morgan fingerprint density at radius 1 is 1.23 bits per heavy atom. The highest BCUT2D eigenvalue weighted by Gasteiger charge is 2.27. The number of piperidine rings is 1. The first-order valence-electron chi connectivity index (χ1n) is 10.1. The molecule has 1 aromatic heterocycles. The number of carbonyl (C=O) groups is 1. The van der Waals surface area contributed by atoms with Crippen molar-refractivity contribution >= 4 is 39.1 Å². The van der Waals surface area contributed by atoms with Crippen LogP contribution < -0.4 is 10.2 Å². The molecule has 164 valence electrons. The lowest BCUT2D eigenvalue weighted by molar-refractivity contribution is -0.113. The van der Waals surface area contributed by atoms with Gasteiger partial charge < -0.3 is 14.8 Å². The van der Waals surface area contributed by atoms with Crippen LogP contribution >= 0.6 is 11.8 Å². The minimum Gasteiger partial charge on any atom is -0.376 e. The zero-order chi connectivity index (χ0) is 21.7. The number of anilines is 2. The summed E-state index contributed by atoms with van der Waals surface area (Å²) in [4.78, 5) is 18.9. The average Bonchev–Trinajstić information content (AvgIpc) is 3.20. The number of thioether (sulfide) groups is 1. The summed E-state index contributed by atoms with van der Waals surface area (Å²) < 4.78 is 29.6. The lowest BCUT2D eigenvalue weighted by Crippen LogP contribution is -2.35. The van der Waals surface area contributed by atoms with E-state index in [1.54, 1.807) is 24.4 Å². The normalized spacial score (nSPS) is 15.2.